The van der Waals surface area contributed by atoms with Gasteiger partial charge in [-0.1, -0.05) is 42.3 Å². The third-order valence-corrected chi connectivity index (χ3v) is 6.86. The SMILES string of the molecule is CCC(Sc1cccc(NC(=O)c2ccc(Cl)cc2Cl)c1)C(=O)Nc1cc(C(=O)O)ccc1C. The van der Waals surface area contributed by atoms with Crippen molar-refractivity contribution in [2.45, 2.75) is 30.4 Å². The molecule has 0 aliphatic heterocycles. The van der Waals surface area contributed by atoms with Gasteiger partial charge in [0.05, 0.1) is 21.4 Å². The van der Waals surface area contributed by atoms with Crippen molar-refractivity contribution in [2.24, 2.45) is 0 Å². The molecule has 0 saturated carbocycles. The van der Waals surface area contributed by atoms with Crippen molar-refractivity contribution in [3.63, 3.8) is 0 Å². The van der Waals surface area contributed by atoms with Crippen LogP contribution in [0.2, 0.25) is 10.0 Å². The highest BCUT2D eigenvalue weighted by Crippen LogP contribution is 2.30. The van der Waals surface area contributed by atoms with Crippen LogP contribution in [-0.4, -0.2) is 28.1 Å². The lowest BCUT2D eigenvalue weighted by Crippen LogP contribution is -2.25. The molecule has 3 rings (SSSR count). The molecule has 34 heavy (non-hydrogen) atoms. The number of aromatic carboxylic acids is 1. The lowest BCUT2D eigenvalue weighted by Gasteiger charge is -2.17. The van der Waals surface area contributed by atoms with Gasteiger partial charge in [-0.15, -0.1) is 11.8 Å². The fraction of sp³-hybridized carbons (Fsp3) is 0.160. The molecule has 3 aromatic rings. The Balaban J connectivity index is 1.71. The van der Waals surface area contributed by atoms with Crippen molar-refractivity contribution in [1.29, 1.82) is 0 Å². The van der Waals surface area contributed by atoms with E-state index in [9.17, 15) is 19.5 Å². The largest absolute Gasteiger partial charge is 0.478 e. The van der Waals surface area contributed by atoms with E-state index in [2.05, 4.69) is 10.6 Å². The van der Waals surface area contributed by atoms with Gasteiger partial charge in [0.2, 0.25) is 5.91 Å². The van der Waals surface area contributed by atoms with Gasteiger partial charge in [-0.25, -0.2) is 4.79 Å². The molecule has 0 spiro atoms. The van der Waals surface area contributed by atoms with Crippen molar-refractivity contribution in [3.05, 3.63) is 87.4 Å². The number of carboxylic acid groups (broad SMARTS) is 1. The zero-order valence-electron chi connectivity index (χ0n) is 18.4. The number of halogens is 2. The lowest BCUT2D eigenvalue weighted by molar-refractivity contribution is -0.115. The molecule has 0 aliphatic carbocycles. The predicted molar refractivity (Wildman–Crippen MR) is 138 cm³/mol. The van der Waals surface area contributed by atoms with Crippen LogP contribution < -0.4 is 10.6 Å². The number of carbonyl (C=O) groups is 3. The minimum atomic E-state index is -1.06. The van der Waals surface area contributed by atoms with E-state index in [4.69, 9.17) is 23.2 Å². The number of carboxylic acids is 1. The Morgan fingerprint density at radius 3 is 2.44 bits per heavy atom. The summed E-state index contributed by atoms with van der Waals surface area (Å²) in [5.41, 5.74) is 2.19. The smallest absolute Gasteiger partial charge is 0.335 e. The van der Waals surface area contributed by atoms with Crippen LogP contribution in [0.5, 0.6) is 0 Å². The van der Waals surface area contributed by atoms with E-state index in [0.717, 1.165) is 10.5 Å². The number of rotatable bonds is 8. The molecule has 0 aliphatic rings. The highest BCUT2D eigenvalue weighted by Gasteiger charge is 2.20. The molecule has 176 valence electrons. The summed E-state index contributed by atoms with van der Waals surface area (Å²) < 4.78 is 0. The van der Waals surface area contributed by atoms with Gasteiger partial charge in [-0.3, -0.25) is 9.59 Å². The molecule has 3 N–H and O–H groups in total. The van der Waals surface area contributed by atoms with E-state index in [1.165, 1.54) is 30.0 Å². The van der Waals surface area contributed by atoms with Crippen LogP contribution in [-0.2, 0) is 4.79 Å². The van der Waals surface area contributed by atoms with Crippen LogP contribution >= 0.6 is 35.0 Å². The van der Waals surface area contributed by atoms with Gasteiger partial charge in [0.1, 0.15) is 0 Å². The number of nitrogens with one attached hydrogen (secondary N) is 2. The van der Waals surface area contributed by atoms with Crippen molar-refractivity contribution >= 4 is 64.1 Å². The molecule has 0 radical (unpaired) electrons. The third-order valence-electron chi connectivity index (χ3n) is 4.95. The number of carbonyl (C=O) groups excluding carboxylic acids is 2. The molecular formula is C25H22Cl2N2O4S. The second-order valence-electron chi connectivity index (χ2n) is 7.44. The van der Waals surface area contributed by atoms with E-state index >= 15 is 0 Å². The van der Waals surface area contributed by atoms with Crippen LogP contribution in [0.25, 0.3) is 0 Å². The zero-order valence-corrected chi connectivity index (χ0v) is 20.7. The predicted octanol–water partition coefficient (Wildman–Crippen LogP) is 6.76. The number of hydrogen-bond acceptors (Lipinski definition) is 4. The Hall–Kier alpha value is -3.00. The molecule has 3 aromatic carbocycles. The maximum atomic E-state index is 12.9. The maximum Gasteiger partial charge on any atom is 0.335 e. The first-order valence-electron chi connectivity index (χ1n) is 10.4. The Morgan fingerprint density at radius 1 is 1.00 bits per heavy atom. The summed E-state index contributed by atoms with van der Waals surface area (Å²) in [5, 5.41) is 15.1. The number of anilines is 2. The van der Waals surface area contributed by atoms with Gasteiger partial charge in [-0.2, -0.15) is 0 Å². The van der Waals surface area contributed by atoms with E-state index in [1.807, 2.05) is 13.0 Å². The first-order chi connectivity index (χ1) is 16.2. The second kappa shape index (κ2) is 11.4. The molecule has 0 heterocycles. The average molecular weight is 517 g/mol. The topological polar surface area (TPSA) is 95.5 Å². The number of aryl methyl sites for hydroxylation is 1. The summed E-state index contributed by atoms with van der Waals surface area (Å²) in [4.78, 5) is 37.6. The summed E-state index contributed by atoms with van der Waals surface area (Å²) in [5.74, 6) is -1.67. The van der Waals surface area contributed by atoms with Crippen molar-refractivity contribution in [3.8, 4) is 0 Å². The van der Waals surface area contributed by atoms with Gasteiger partial charge >= 0.3 is 5.97 Å². The van der Waals surface area contributed by atoms with E-state index in [-0.39, 0.29) is 22.4 Å². The normalized spacial score (nSPS) is 11.5. The second-order valence-corrected chi connectivity index (χ2v) is 9.56. The van der Waals surface area contributed by atoms with Crippen molar-refractivity contribution in [2.75, 3.05) is 10.6 Å². The molecule has 1 atom stereocenters. The summed E-state index contributed by atoms with van der Waals surface area (Å²) in [6.45, 7) is 3.69. The van der Waals surface area contributed by atoms with E-state index < -0.39 is 11.2 Å². The summed E-state index contributed by atoms with van der Waals surface area (Å²) in [6, 6.07) is 16.4. The van der Waals surface area contributed by atoms with Crippen LogP contribution in [0.4, 0.5) is 11.4 Å². The van der Waals surface area contributed by atoms with Crippen LogP contribution in [0.15, 0.2) is 65.6 Å². The monoisotopic (exact) mass is 516 g/mol. The third kappa shape index (κ3) is 6.53. The number of thioether (sulfide) groups is 1. The quantitative estimate of drug-likeness (QED) is 0.287. The summed E-state index contributed by atoms with van der Waals surface area (Å²) in [6.07, 6.45) is 0.547. The van der Waals surface area contributed by atoms with Crippen molar-refractivity contribution in [1.82, 2.24) is 0 Å². The van der Waals surface area contributed by atoms with Gasteiger partial charge in [-0.05, 0) is 67.4 Å². The van der Waals surface area contributed by atoms with Gasteiger partial charge in [0.25, 0.3) is 5.91 Å². The molecule has 0 bridgehead atoms. The maximum absolute atomic E-state index is 12.9. The van der Waals surface area contributed by atoms with Gasteiger partial charge in [0, 0.05) is 21.3 Å². The number of amides is 2. The Kier molecular flexibility index (Phi) is 8.61. The van der Waals surface area contributed by atoms with E-state index in [1.54, 1.807) is 43.3 Å². The number of benzene rings is 3. The van der Waals surface area contributed by atoms with Gasteiger partial charge in [0.15, 0.2) is 0 Å². The fourth-order valence-corrected chi connectivity index (χ4v) is 4.62. The fourth-order valence-electron chi connectivity index (χ4n) is 3.11. The highest BCUT2D eigenvalue weighted by atomic mass is 35.5. The van der Waals surface area contributed by atoms with Crippen LogP contribution in [0, 0.1) is 6.92 Å². The van der Waals surface area contributed by atoms with Crippen molar-refractivity contribution < 1.29 is 19.5 Å². The molecule has 0 saturated heterocycles. The minimum Gasteiger partial charge on any atom is -0.478 e. The minimum absolute atomic E-state index is 0.103. The summed E-state index contributed by atoms with van der Waals surface area (Å²) in [7, 11) is 0. The first-order valence-corrected chi connectivity index (χ1v) is 12.0. The first kappa shape index (κ1) is 25.6. The Labute approximate surface area is 211 Å². The zero-order chi connectivity index (χ0) is 24.8. The van der Waals surface area contributed by atoms with Gasteiger partial charge < -0.3 is 15.7 Å². The molecule has 1 unspecified atom stereocenters. The Morgan fingerprint density at radius 2 is 1.76 bits per heavy atom. The van der Waals surface area contributed by atoms with Crippen LogP contribution in [0.1, 0.15) is 39.6 Å². The molecule has 9 heteroatoms. The molecule has 0 aromatic heterocycles. The number of hydrogen-bond donors (Lipinski definition) is 3. The lowest BCUT2D eigenvalue weighted by atomic mass is 10.1. The summed E-state index contributed by atoms with van der Waals surface area (Å²) >= 11 is 13.4. The molecule has 0 fully saturated rings. The Bertz CT molecular complexity index is 1250. The van der Waals surface area contributed by atoms with E-state index in [0.29, 0.717) is 28.4 Å². The average Bonchev–Trinajstić information content (AvgIpc) is 2.78. The standard InChI is InChI=1S/C25H22Cl2N2O4S/c1-3-22(24(31)29-21-11-15(25(32)33)8-7-14(21)2)34-18-6-4-5-17(13-18)28-23(30)19-10-9-16(26)12-20(19)27/h4-13,22H,3H2,1-2H3,(H,28,30)(H,29,31)(H,32,33). The molecule has 2 amide bonds. The molecule has 6 nitrogen and oxygen atoms in total. The molecular weight excluding hydrogens is 495 g/mol. The highest BCUT2D eigenvalue weighted by molar-refractivity contribution is 8.00. The van der Waals surface area contributed by atoms with Crippen LogP contribution in [0.3, 0.4) is 0 Å².